The number of nitrogens with zero attached hydrogens (tertiary/aromatic N) is 4. The lowest BCUT2D eigenvalue weighted by Gasteiger charge is -2.05. The summed E-state index contributed by atoms with van der Waals surface area (Å²) in [5.41, 5.74) is 2.37. The van der Waals surface area contributed by atoms with Crippen molar-refractivity contribution in [3.63, 3.8) is 0 Å². The maximum atomic E-state index is 11.8. The molecule has 4 aromatic rings. The molecule has 1 N–H and O–H groups in total. The van der Waals surface area contributed by atoms with E-state index in [1.807, 2.05) is 54.6 Å². The molecule has 0 aliphatic heterocycles. The van der Waals surface area contributed by atoms with Crippen LogP contribution in [0.25, 0.3) is 17.0 Å². The molecule has 0 aliphatic rings. The molecule has 0 saturated carbocycles. The number of aromatic nitrogens is 4. The van der Waals surface area contributed by atoms with Gasteiger partial charge >= 0.3 is 5.97 Å². The van der Waals surface area contributed by atoms with Crippen LogP contribution in [0.3, 0.4) is 0 Å². The monoisotopic (exact) mass is 449 g/mol. The first-order chi connectivity index (χ1) is 15.7. The van der Waals surface area contributed by atoms with Gasteiger partial charge in [-0.3, -0.25) is 0 Å². The van der Waals surface area contributed by atoms with Crippen LogP contribution in [0.5, 0.6) is 0 Å². The van der Waals surface area contributed by atoms with E-state index in [-0.39, 0.29) is 5.97 Å². The maximum absolute atomic E-state index is 11.8. The van der Waals surface area contributed by atoms with Crippen molar-refractivity contribution >= 4 is 17.7 Å². The highest BCUT2D eigenvalue weighted by molar-refractivity contribution is 7.99. The number of thioether (sulfide) groups is 1. The lowest BCUT2D eigenvalue weighted by atomic mass is 10.1. The van der Waals surface area contributed by atoms with Crippen LogP contribution in [0.15, 0.2) is 76.3 Å². The summed E-state index contributed by atoms with van der Waals surface area (Å²) < 4.78 is 12.7. The molecule has 0 unspecified atom stereocenters. The van der Waals surface area contributed by atoms with Crippen molar-refractivity contribution in [2.24, 2.45) is 0 Å². The summed E-state index contributed by atoms with van der Waals surface area (Å²) in [5.74, 6) is 2.09. The smallest absolute Gasteiger partial charge is 0.338 e. The fourth-order valence-electron chi connectivity index (χ4n) is 3.04. The Hall–Kier alpha value is -3.43. The van der Waals surface area contributed by atoms with Crippen LogP contribution in [-0.4, -0.2) is 45.1 Å². The molecule has 4 rings (SSSR count). The van der Waals surface area contributed by atoms with E-state index in [1.165, 1.54) is 0 Å². The summed E-state index contributed by atoms with van der Waals surface area (Å²) in [7, 11) is 0. The molecule has 0 spiro atoms. The fraction of sp³-hybridized carbons (Fsp3) is 0.217. The molecule has 0 amide bonds. The Balaban J connectivity index is 1.24. The van der Waals surface area contributed by atoms with E-state index in [1.54, 1.807) is 35.5 Å². The first kappa shape index (κ1) is 21.8. The molecule has 0 fully saturated rings. The van der Waals surface area contributed by atoms with Crippen LogP contribution in [0.2, 0.25) is 0 Å². The first-order valence-electron chi connectivity index (χ1n) is 10.3. The number of hydrogen-bond donors (Lipinski definition) is 1. The Bertz CT molecular complexity index is 1140. The minimum atomic E-state index is -0.320. The second-order valence-corrected chi connectivity index (χ2v) is 7.86. The average molecular weight is 450 g/mol. The topological polar surface area (TPSA) is 95.1 Å². The molecule has 0 saturated heterocycles. The number of para-hydroxylation sites is 1. The Morgan fingerprint density at radius 3 is 2.69 bits per heavy atom. The molecule has 9 heteroatoms. The number of nitrogens with one attached hydrogen (secondary N) is 1. The van der Waals surface area contributed by atoms with Crippen LogP contribution in [0.1, 0.15) is 23.0 Å². The number of carbonyl (C=O) groups is 1. The largest absolute Gasteiger partial charge is 0.462 e. The van der Waals surface area contributed by atoms with Gasteiger partial charge in [0.1, 0.15) is 11.5 Å². The van der Waals surface area contributed by atoms with Crippen molar-refractivity contribution in [1.29, 1.82) is 0 Å². The van der Waals surface area contributed by atoms with Crippen LogP contribution in [0, 0.1) is 0 Å². The number of rotatable bonds is 10. The van der Waals surface area contributed by atoms with Crippen molar-refractivity contribution in [3.05, 3.63) is 78.1 Å². The Morgan fingerprint density at radius 1 is 1.09 bits per heavy atom. The first-order valence-corrected chi connectivity index (χ1v) is 11.3. The van der Waals surface area contributed by atoms with E-state index in [0.29, 0.717) is 18.7 Å². The van der Waals surface area contributed by atoms with Gasteiger partial charge in [0.15, 0.2) is 0 Å². The molecule has 32 heavy (non-hydrogen) atoms. The van der Waals surface area contributed by atoms with Crippen molar-refractivity contribution < 1.29 is 13.9 Å². The lowest BCUT2D eigenvalue weighted by molar-refractivity contribution is 0.0526. The molecule has 164 valence electrons. The van der Waals surface area contributed by atoms with E-state index < -0.39 is 0 Å². The van der Waals surface area contributed by atoms with Gasteiger partial charge < -0.3 is 14.5 Å². The fourth-order valence-corrected chi connectivity index (χ4v) is 3.83. The SMILES string of the molecule is CCOC(=O)c1ccc(-c2ccc(CNCCSc3nnnn3-c3ccccc3)o2)cc1. The van der Waals surface area contributed by atoms with Crippen LogP contribution < -0.4 is 5.32 Å². The highest BCUT2D eigenvalue weighted by atomic mass is 32.2. The summed E-state index contributed by atoms with van der Waals surface area (Å²) in [6, 6.07) is 20.9. The number of ether oxygens (including phenoxy) is 1. The molecular weight excluding hydrogens is 426 g/mol. The van der Waals surface area contributed by atoms with Crippen molar-refractivity contribution in [3.8, 4) is 17.0 Å². The maximum Gasteiger partial charge on any atom is 0.338 e. The zero-order valence-electron chi connectivity index (χ0n) is 17.6. The van der Waals surface area contributed by atoms with E-state index in [4.69, 9.17) is 9.15 Å². The molecule has 0 radical (unpaired) electrons. The molecule has 2 aromatic carbocycles. The number of carbonyl (C=O) groups excluding carboxylic acids is 1. The van der Waals surface area contributed by atoms with Gasteiger partial charge in [-0.05, 0) is 53.7 Å². The zero-order chi connectivity index (χ0) is 22.2. The summed E-state index contributed by atoms with van der Waals surface area (Å²) in [6.45, 7) is 3.54. The zero-order valence-corrected chi connectivity index (χ0v) is 18.4. The van der Waals surface area contributed by atoms with Crippen LogP contribution >= 0.6 is 11.8 Å². The molecule has 2 aromatic heterocycles. The number of tetrazole rings is 1. The third kappa shape index (κ3) is 5.43. The summed E-state index contributed by atoms with van der Waals surface area (Å²) in [6.07, 6.45) is 0. The highest BCUT2D eigenvalue weighted by Gasteiger charge is 2.10. The van der Waals surface area contributed by atoms with Crippen LogP contribution in [0.4, 0.5) is 0 Å². The Morgan fingerprint density at radius 2 is 1.91 bits per heavy atom. The number of esters is 1. The van der Waals surface area contributed by atoms with Gasteiger partial charge in [0.25, 0.3) is 0 Å². The standard InChI is InChI=1S/C23H23N5O3S/c1-2-30-22(29)18-10-8-17(9-11-18)21-13-12-20(31-21)16-24-14-15-32-23-25-26-27-28(23)19-6-4-3-5-7-19/h3-13,24H,2,14-16H2,1H3. The molecule has 0 atom stereocenters. The predicted octanol–water partition coefficient (Wildman–Crippen LogP) is 3.98. The normalized spacial score (nSPS) is 10.9. The van der Waals surface area contributed by atoms with Gasteiger partial charge in [0.2, 0.25) is 5.16 Å². The second-order valence-electron chi connectivity index (χ2n) is 6.80. The van der Waals surface area contributed by atoms with Crippen molar-refractivity contribution in [2.45, 2.75) is 18.6 Å². The van der Waals surface area contributed by atoms with Crippen molar-refractivity contribution in [1.82, 2.24) is 25.5 Å². The lowest BCUT2D eigenvalue weighted by Crippen LogP contribution is -2.16. The molecule has 0 aliphatic carbocycles. The third-order valence-electron chi connectivity index (χ3n) is 4.59. The average Bonchev–Trinajstić information content (AvgIpc) is 3.50. The molecule has 0 bridgehead atoms. The van der Waals surface area contributed by atoms with E-state index in [9.17, 15) is 4.79 Å². The van der Waals surface area contributed by atoms with Gasteiger partial charge in [0.05, 0.1) is 24.4 Å². The molecule has 2 heterocycles. The summed E-state index contributed by atoms with van der Waals surface area (Å²) in [4.78, 5) is 11.8. The summed E-state index contributed by atoms with van der Waals surface area (Å²) in [5, 5.41) is 16.1. The van der Waals surface area contributed by atoms with Gasteiger partial charge in [-0.2, -0.15) is 4.68 Å². The van der Waals surface area contributed by atoms with Crippen LogP contribution in [-0.2, 0) is 11.3 Å². The quantitative estimate of drug-likeness (QED) is 0.221. The second kappa shape index (κ2) is 10.7. The van der Waals surface area contributed by atoms with Gasteiger partial charge in [0, 0.05) is 17.9 Å². The van der Waals surface area contributed by atoms with Gasteiger partial charge in [-0.1, -0.05) is 42.1 Å². The Labute approximate surface area is 190 Å². The predicted molar refractivity (Wildman–Crippen MR) is 122 cm³/mol. The number of furan rings is 1. The van der Waals surface area contributed by atoms with E-state index in [2.05, 4.69) is 20.8 Å². The summed E-state index contributed by atoms with van der Waals surface area (Å²) >= 11 is 1.59. The van der Waals surface area contributed by atoms with Gasteiger partial charge in [-0.25, -0.2) is 4.79 Å². The highest BCUT2D eigenvalue weighted by Crippen LogP contribution is 2.23. The van der Waals surface area contributed by atoms with Crippen molar-refractivity contribution in [2.75, 3.05) is 18.9 Å². The Kier molecular flexibility index (Phi) is 7.31. The molecular formula is C23H23N5O3S. The third-order valence-corrected chi connectivity index (χ3v) is 5.51. The van der Waals surface area contributed by atoms with Gasteiger partial charge in [-0.15, -0.1) is 5.10 Å². The molecule has 8 nitrogen and oxygen atoms in total. The van der Waals surface area contributed by atoms with E-state index in [0.717, 1.165) is 40.2 Å². The minimum absolute atomic E-state index is 0.320. The number of benzene rings is 2. The number of hydrogen-bond acceptors (Lipinski definition) is 8. The minimum Gasteiger partial charge on any atom is -0.462 e. The van der Waals surface area contributed by atoms with E-state index >= 15 is 0 Å².